The highest BCUT2D eigenvalue weighted by Crippen LogP contribution is 2.28. The van der Waals surface area contributed by atoms with E-state index in [2.05, 4.69) is 40.2 Å². The number of likely N-dealkylation sites (N-methyl/N-ethyl adjacent to an activating group) is 1. The molecule has 1 aromatic rings. The number of carbonyl (C=O) groups excluding carboxylic acids is 1. The summed E-state index contributed by atoms with van der Waals surface area (Å²) in [6.07, 6.45) is 2.38. The van der Waals surface area contributed by atoms with E-state index < -0.39 is 0 Å². The summed E-state index contributed by atoms with van der Waals surface area (Å²) >= 11 is 0. The van der Waals surface area contributed by atoms with Gasteiger partial charge >= 0.3 is 5.97 Å². The van der Waals surface area contributed by atoms with Gasteiger partial charge in [0.1, 0.15) is 0 Å². The van der Waals surface area contributed by atoms with Crippen molar-refractivity contribution in [2.45, 2.75) is 19.3 Å². The molecule has 0 bridgehead atoms. The van der Waals surface area contributed by atoms with Crippen LogP contribution in [0.4, 0.5) is 11.4 Å². The van der Waals surface area contributed by atoms with E-state index in [1.807, 2.05) is 0 Å². The fraction of sp³-hybridized carbons (Fsp3) is 0.500. The van der Waals surface area contributed by atoms with Crippen LogP contribution in [-0.4, -0.2) is 33.2 Å². The maximum absolute atomic E-state index is 11.0. The first-order valence-electron chi connectivity index (χ1n) is 6.35. The third-order valence-electron chi connectivity index (χ3n) is 3.32. The zero-order chi connectivity index (χ0) is 13.0. The van der Waals surface area contributed by atoms with Crippen molar-refractivity contribution in [1.82, 2.24) is 0 Å². The smallest absolute Gasteiger partial charge is 0.305 e. The molecule has 1 heterocycles. The number of benzene rings is 1. The predicted molar refractivity (Wildman–Crippen MR) is 73.2 cm³/mol. The number of rotatable bonds is 5. The van der Waals surface area contributed by atoms with E-state index in [9.17, 15) is 4.79 Å². The van der Waals surface area contributed by atoms with Crippen molar-refractivity contribution in [2.24, 2.45) is 0 Å². The lowest BCUT2D eigenvalue weighted by molar-refractivity contribution is -0.140. The summed E-state index contributed by atoms with van der Waals surface area (Å²) in [5, 5.41) is 3.34. The molecule has 0 amide bonds. The molecular formula is C14H20N2O2. The summed E-state index contributed by atoms with van der Waals surface area (Å²) in [7, 11) is 3.54. The molecule has 0 aromatic heterocycles. The van der Waals surface area contributed by atoms with Gasteiger partial charge in [0.05, 0.1) is 7.11 Å². The number of carbonyl (C=O) groups is 1. The van der Waals surface area contributed by atoms with Crippen LogP contribution in [-0.2, 0) is 16.0 Å². The Morgan fingerprint density at radius 3 is 3.11 bits per heavy atom. The maximum atomic E-state index is 11.0. The van der Waals surface area contributed by atoms with Crippen molar-refractivity contribution in [3.63, 3.8) is 0 Å². The number of nitrogens with one attached hydrogen (secondary N) is 1. The molecule has 1 aromatic carbocycles. The molecule has 0 saturated carbocycles. The topological polar surface area (TPSA) is 41.6 Å². The lowest BCUT2D eigenvalue weighted by Gasteiger charge is -2.12. The first-order valence-corrected chi connectivity index (χ1v) is 6.35. The summed E-state index contributed by atoms with van der Waals surface area (Å²) in [6, 6.07) is 6.46. The van der Waals surface area contributed by atoms with Crippen LogP contribution in [0.1, 0.15) is 18.4 Å². The van der Waals surface area contributed by atoms with Gasteiger partial charge in [-0.05, 0) is 36.6 Å². The highest BCUT2D eigenvalue weighted by Gasteiger charge is 2.15. The molecule has 0 unspecified atom stereocenters. The van der Waals surface area contributed by atoms with Crippen molar-refractivity contribution in [3.05, 3.63) is 23.8 Å². The van der Waals surface area contributed by atoms with Crippen LogP contribution in [0.25, 0.3) is 0 Å². The fourth-order valence-electron chi connectivity index (χ4n) is 2.24. The molecule has 0 fully saturated rings. The van der Waals surface area contributed by atoms with E-state index in [0.29, 0.717) is 6.42 Å². The molecule has 0 saturated heterocycles. The second kappa shape index (κ2) is 5.76. The van der Waals surface area contributed by atoms with Crippen molar-refractivity contribution in [1.29, 1.82) is 0 Å². The van der Waals surface area contributed by atoms with Gasteiger partial charge in [-0.3, -0.25) is 4.79 Å². The Labute approximate surface area is 108 Å². The Balaban J connectivity index is 1.82. The quantitative estimate of drug-likeness (QED) is 0.639. The first kappa shape index (κ1) is 12.7. The molecular weight excluding hydrogens is 228 g/mol. The van der Waals surface area contributed by atoms with Crippen molar-refractivity contribution in [2.75, 3.05) is 37.5 Å². The standard InChI is InChI=1S/C14H20N2O2/c1-16-9-7-11-10-12(5-6-13(11)16)15-8-3-4-14(17)18-2/h5-6,10,15H,3-4,7-9H2,1-2H3. The first-order chi connectivity index (χ1) is 8.70. The third-order valence-corrected chi connectivity index (χ3v) is 3.32. The largest absolute Gasteiger partial charge is 0.469 e. The lowest BCUT2D eigenvalue weighted by Crippen LogP contribution is -2.12. The second-order valence-corrected chi connectivity index (χ2v) is 4.62. The molecule has 0 aliphatic carbocycles. The molecule has 0 atom stereocenters. The van der Waals surface area contributed by atoms with Gasteiger partial charge in [0.2, 0.25) is 0 Å². The normalized spacial score (nSPS) is 13.3. The Hall–Kier alpha value is -1.71. The number of ether oxygens (including phenoxy) is 1. The van der Waals surface area contributed by atoms with Gasteiger partial charge in [-0.2, -0.15) is 0 Å². The number of fused-ring (bicyclic) bond motifs is 1. The summed E-state index contributed by atoms with van der Waals surface area (Å²) < 4.78 is 4.60. The SMILES string of the molecule is COC(=O)CCCNc1ccc2c(c1)CCN2C. The Bertz CT molecular complexity index is 432. The number of esters is 1. The highest BCUT2D eigenvalue weighted by atomic mass is 16.5. The van der Waals surface area contributed by atoms with Crippen LogP contribution >= 0.6 is 0 Å². The van der Waals surface area contributed by atoms with Crippen LogP contribution < -0.4 is 10.2 Å². The van der Waals surface area contributed by atoms with Gasteiger partial charge < -0.3 is 15.0 Å². The number of methoxy groups -OCH3 is 1. The molecule has 98 valence electrons. The minimum absolute atomic E-state index is 0.146. The van der Waals surface area contributed by atoms with Gasteiger partial charge in [0, 0.05) is 37.9 Å². The van der Waals surface area contributed by atoms with E-state index in [0.717, 1.165) is 31.6 Å². The zero-order valence-electron chi connectivity index (χ0n) is 11.0. The van der Waals surface area contributed by atoms with Gasteiger partial charge in [-0.25, -0.2) is 0 Å². The van der Waals surface area contributed by atoms with E-state index >= 15 is 0 Å². The van der Waals surface area contributed by atoms with Crippen LogP contribution in [0, 0.1) is 0 Å². The average Bonchev–Trinajstić information content (AvgIpc) is 2.76. The zero-order valence-corrected chi connectivity index (χ0v) is 11.0. The Morgan fingerprint density at radius 2 is 2.33 bits per heavy atom. The van der Waals surface area contributed by atoms with Crippen LogP contribution in [0.5, 0.6) is 0 Å². The summed E-state index contributed by atoms with van der Waals surface area (Å²) in [4.78, 5) is 13.2. The van der Waals surface area contributed by atoms with Gasteiger partial charge in [-0.15, -0.1) is 0 Å². The fourth-order valence-corrected chi connectivity index (χ4v) is 2.24. The van der Waals surface area contributed by atoms with E-state index in [4.69, 9.17) is 0 Å². The molecule has 4 heteroatoms. The summed E-state index contributed by atoms with van der Waals surface area (Å²) in [6.45, 7) is 1.89. The van der Waals surface area contributed by atoms with Crippen molar-refractivity contribution in [3.8, 4) is 0 Å². The number of anilines is 2. The van der Waals surface area contributed by atoms with Crippen LogP contribution in [0.3, 0.4) is 0 Å². The Morgan fingerprint density at radius 1 is 1.50 bits per heavy atom. The second-order valence-electron chi connectivity index (χ2n) is 4.62. The monoisotopic (exact) mass is 248 g/mol. The van der Waals surface area contributed by atoms with E-state index in [1.165, 1.54) is 18.4 Å². The summed E-state index contributed by atoms with van der Waals surface area (Å²) in [5.74, 6) is -0.146. The van der Waals surface area contributed by atoms with Crippen molar-refractivity contribution >= 4 is 17.3 Å². The maximum Gasteiger partial charge on any atom is 0.305 e. The Kier molecular flexibility index (Phi) is 4.07. The average molecular weight is 248 g/mol. The van der Waals surface area contributed by atoms with Crippen LogP contribution in [0.15, 0.2) is 18.2 Å². The number of hydrogen-bond donors (Lipinski definition) is 1. The molecule has 1 aliphatic rings. The molecule has 1 aliphatic heterocycles. The lowest BCUT2D eigenvalue weighted by atomic mass is 10.1. The van der Waals surface area contributed by atoms with E-state index in [-0.39, 0.29) is 5.97 Å². The molecule has 2 rings (SSSR count). The molecule has 0 spiro atoms. The minimum Gasteiger partial charge on any atom is -0.469 e. The highest BCUT2D eigenvalue weighted by molar-refractivity contribution is 5.69. The van der Waals surface area contributed by atoms with Gasteiger partial charge in [0.25, 0.3) is 0 Å². The van der Waals surface area contributed by atoms with Gasteiger partial charge in [-0.1, -0.05) is 0 Å². The molecule has 1 N–H and O–H groups in total. The van der Waals surface area contributed by atoms with Gasteiger partial charge in [0.15, 0.2) is 0 Å². The van der Waals surface area contributed by atoms with Crippen LogP contribution in [0.2, 0.25) is 0 Å². The van der Waals surface area contributed by atoms with E-state index in [1.54, 1.807) is 0 Å². The number of hydrogen-bond acceptors (Lipinski definition) is 4. The molecule has 4 nitrogen and oxygen atoms in total. The summed E-state index contributed by atoms with van der Waals surface area (Å²) in [5.41, 5.74) is 3.86. The molecule has 0 radical (unpaired) electrons. The van der Waals surface area contributed by atoms with Crippen molar-refractivity contribution < 1.29 is 9.53 Å². The molecule has 18 heavy (non-hydrogen) atoms. The third kappa shape index (κ3) is 2.94. The number of nitrogens with zero attached hydrogens (tertiary/aromatic N) is 1. The minimum atomic E-state index is -0.146. The predicted octanol–water partition coefficient (Wildman–Crippen LogP) is 2.04.